The Morgan fingerprint density at radius 2 is 1.81 bits per heavy atom. The second kappa shape index (κ2) is 10.3. The van der Waals surface area contributed by atoms with Crippen LogP contribution >= 0.6 is 11.8 Å². The Labute approximate surface area is 184 Å². The highest BCUT2D eigenvalue weighted by Crippen LogP contribution is 2.17. The summed E-state index contributed by atoms with van der Waals surface area (Å²) >= 11 is 1.48. The van der Waals surface area contributed by atoms with Gasteiger partial charge in [-0.05, 0) is 42.7 Å². The first-order valence-electron chi connectivity index (χ1n) is 9.71. The van der Waals surface area contributed by atoms with Gasteiger partial charge in [0.25, 0.3) is 5.91 Å². The molecule has 11 heteroatoms. The number of thioether (sulfide) groups is 1. The molecule has 1 saturated heterocycles. The molecular weight excluding hydrogens is 445 g/mol. The van der Waals surface area contributed by atoms with Crippen molar-refractivity contribution in [3.05, 3.63) is 54.2 Å². The number of hydrogen-bond acceptors (Lipinski definition) is 6. The largest absolute Gasteiger partial charge is 0.459 e. The van der Waals surface area contributed by atoms with Crippen LogP contribution in [0, 0.1) is 5.82 Å². The fraction of sp³-hybridized carbons (Fsp3) is 0.400. The van der Waals surface area contributed by atoms with Crippen LogP contribution in [-0.2, 0) is 14.8 Å². The fourth-order valence-corrected chi connectivity index (χ4v) is 5.06. The van der Waals surface area contributed by atoms with E-state index >= 15 is 0 Å². The molecule has 0 spiro atoms. The van der Waals surface area contributed by atoms with E-state index in [0.29, 0.717) is 18.8 Å². The highest BCUT2D eigenvalue weighted by atomic mass is 32.2. The third-order valence-corrected chi connectivity index (χ3v) is 7.09. The number of piperazine rings is 1. The minimum Gasteiger partial charge on any atom is -0.459 e. The van der Waals surface area contributed by atoms with Crippen LogP contribution in [0.5, 0.6) is 0 Å². The van der Waals surface area contributed by atoms with Crippen LogP contribution in [0.4, 0.5) is 4.39 Å². The topological polar surface area (TPSA) is 99.9 Å². The number of furan rings is 1. The Bertz CT molecular complexity index is 1010. The van der Waals surface area contributed by atoms with E-state index in [2.05, 4.69) is 4.72 Å². The molecule has 3 rings (SSSR count). The van der Waals surface area contributed by atoms with E-state index in [1.807, 2.05) is 6.26 Å². The van der Waals surface area contributed by atoms with Gasteiger partial charge in [0.2, 0.25) is 15.9 Å². The lowest BCUT2D eigenvalue weighted by Crippen LogP contribution is -2.56. The number of rotatable bonds is 8. The minimum absolute atomic E-state index is 0.232. The molecule has 1 aliphatic heterocycles. The summed E-state index contributed by atoms with van der Waals surface area (Å²) in [6.07, 6.45) is 3.54. The molecule has 1 aromatic heterocycles. The Kier molecular flexibility index (Phi) is 7.74. The van der Waals surface area contributed by atoms with Gasteiger partial charge in [0.15, 0.2) is 5.76 Å². The summed E-state index contributed by atoms with van der Waals surface area (Å²) in [4.78, 5) is 28.1. The molecule has 0 radical (unpaired) electrons. The van der Waals surface area contributed by atoms with Gasteiger partial charge in [0.1, 0.15) is 16.8 Å². The van der Waals surface area contributed by atoms with E-state index in [9.17, 15) is 22.4 Å². The second-order valence-corrected chi connectivity index (χ2v) is 9.65. The first kappa shape index (κ1) is 23.3. The zero-order valence-electron chi connectivity index (χ0n) is 17.0. The van der Waals surface area contributed by atoms with Crippen LogP contribution in [0.1, 0.15) is 17.0 Å². The Morgan fingerprint density at radius 1 is 1.13 bits per heavy atom. The van der Waals surface area contributed by atoms with Gasteiger partial charge in [-0.25, -0.2) is 12.8 Å². The van der Waals surface area contributed by atoms with Crippen LogP contribution in [0.15, 0.2) is 52.0 Å². The molecule has 1 fully saturated rings. The van der Waals surface area contributed by atoms with Crippen molar-refractivity contribution in [3.63, 3.8) is 0 Å². The van der Waals surface area contributed by atoms with E-state index in [4.69, 9.17) is 4.42 Å². The minimum atomic E-state index is -4.22. The number of amides is 2. The Morgan fingerprint density at radius 3 is 2.42 bits per heavy atom. The van der Waals surface area contributed by atoms with Crippen molar-refractivity contribution in [1.82, 2.24) is 14.5 Å². The molecule has 2 amide bonds. The molecule has 2 aromatic rings. The van der Waals surface area contributed by atoms with Crippen molar-refractivity contribution in [3.8, 4) is 0 Å². The van der Waals surface area contributed by atoms with Crippen LogP contribution < -0.4 is 4.72 Å². The van der Waals surface area contributed by atoms with Crippen molar-refractivity contribution < 1.29 is 26.8 Å². The molecule has 0 bridgehead atoms. The molecule has 8 nitrogen and oxygen atoms in total. The van der Waals surface area contributed by atoms with Crippen LogP contribution in [0.25, 0.3) is 0 Å². The quantitative estimate of drug-likeness (QED) is 0.633. The van der Waals surface area contributed by atoms with E-state index in [1.54, 1.807) is 17.0 Å². The zero-order chi connectivity index (χ0) is 22.4. The molecule has 0 saturated carbocycles. The average molecular weight is 470 g/mol. The molecule has 168 valence electrons. The number of halogens is 1. The first-order valence-corrected chi connectivity index (χ1v) is 12.6. The van der Waals surface area contributed by atoms with Gasteiger partial charge < -0.3 is 14.2 Å². The lowest BCUT2D eigenvalue weighted by atomic mass is 10.2. The van der Waals surface area contributed by atoms with Gasteiger partial charge in [-0.15, -0.1) is 0 Å². The first-order chi connectivity index (χ1) is 14.8. The normalized spacial score (nSPS) is 15.7. The van der Waals surface area contributed by atoms with E-state index in [0.717, 1.165) is 12.1 Å². The SMILES string of the molecule is CSCCC(NS(=O)(=O)c1ccccc1F)C(=O)N1CCN(C(=O)c2ccco2)CC1. The highest BCUT2D eigenvalue weighted by molar-refractivity contribution is 7.98. The van der Waals surface area contributed by atoms with Gasteiger partial charge in [-0.3, -0.25) is 9.59 Å². The van der Waals surface area contributed by atoms with Gasteiger partial charge >= 0.3 is 0 Å². The molecule has 1 aromatic carbocycles. The lowest BCUT2D eigenvalue weighted by Gasteiger charge is -2.36. The maximum Gasteiger partial charge on any atom is 0.289 e. The lowest BCUT2D eigenvalue weighted by molar-refractivity contribution is -0.134. The number of nitrogens with zero attached hydrogens (tertiary/aromatic N) is 2. The molecule has 1 unspecified atom stereocenters. The molecule has 31 heavy (non-hydrogen) atoms. The van der Waals surface area contributed by atoms with Gasteiger partial charge in [-0.2, -0.15) is 16.5 Å². The molecule has 1 aliphatic rings. The maximum absolute atomic E-state index is 14.0. The molecular formula is C20H24FN3O5S2. The number of benzene rings is 1. The summed E-state index contributed by atoms with van der Waals surface area (Å²) in [6, 6.07) is 7.22. The summed E-state index contributed by atoms with van der Waals surface area (Å²) in [7, 11) is -4.22. The van der Waals surface area contributed by atoms with Crippen LogP contribution in [-0.4, -0.2) is 74.3 Å². The number of nitrogens with one attached hydrogen (secondary N) is 1. The van der Waals surface area contributed by atoms with E-state index in [1.165, 1.54) is 35.1 Å². The summed E-state index contributed by atoms with van der Waals surface area (Å²) in [6.45, 7) is 1.14. The van der Waals surface area contributed by atoms with Crippen LogP contribution in [0.3, 0.4) is 0 Å². The van der Waals surface area contributed by atoms with Crippen LogP contribution in [0.2, 0.25) is 0 Å². The van der Waals surface area contributed by atoms with Crippen molar-refractivity contribution in [2.45, 2.75) is 17.4 Å². The number of carbonyl (C=O) groups excluding carboxylic acids is 2. The number of sulfonamides is 1. The highest BCUT2D eigenvalue weighted by Gasteiger charge is 2.33. The fourth-order valence-electron chi connectivity index (χ4n) is 3.29. The monoisotopic (exact) mass is 469 g/mol. The summed E-state index contributed by atoms with van der Waals surface area (Å²) in [5, 5.41) is 0. The molecule has 1 atom stereocenters. The molecule has 2 heterocycles. The van der Waals surface area contributed by atoms with E-state index < -0.39 is 26.8 Å². The summed E-state index contributed by atoms with van der Waals surface area (Å²) in [5.41, 5.74) is 0. The van der Waals surface area contributed by atoms with Crippen molar-refractivity contribution in [2.75, 3.05) is 38.2 Å². The summed E-state index contributed by atoms with van der Waals surface area (Å²) in [5.74, 6) is -0.741. The van der Waals surface area contributed by atoms with Crippen molar-refractivity contribution >= 4 is 33.6 Å². The standard InChI is InChI=1S/C20H24FN3O5S2/c1-30-14-8-16(22-31(27,28)18-7-3-2-5-15(18)21)19(25)23-9-11-24(12-10-23)20(26)17-6-4-13-29-17/h2-7,13,16,22H,8-12,14H2,1H3. The second-order valence-electron chi connectivity index (χ2n) is 6.98. The zero-order valence-corrected chi connectivity index (χ0v) is 18.6. The maximum atomic E-state index is 14.0. The summed E-state index contributed by atoms with van der Waals surface area (Å²) < 4.78 is 46.9. The predicted molar refractivity (Wildman–Crippen MR) is 115 cm³/mol. The van der Waals surface area contributed by atoms with Crippen molar-refractivity contribution in [1.29, 1.82) is 0 Å². The van der Waals surface area contributed by atoms with Crippen molar-refractivity contribution in [2.24, 2.45) is 0 Å². The smallest absolute Gasteiger partial charge is 0.289 e. The molecule has 0 aliphatic carbocycles. The predicted octanol–water partition coefficient (Wildman–Crippen LogP) is 1.80. The third-order valence-electron chi connectivity index (χ3n) is 4.94. The van der Waals surface area contributed by atoms with Gasteiger partial charge in [-0.1, -0.05) is 12.1 Å². The van der Waals surface area contributed by atoms with E-state index in [-0.39, 0.29) is 37.1 Å². The Balaban J connectivity index is 1.68. The molecule has 1 N–H and O–H groups in total. The van der Waals surface area contributed by atoms with Gasteiger partial charge in [0.05, 0.1) is 6.26 Å². The Hall–Kier alpha value is -2.37. The number of carbonyl (C=O) groups is 2. The number of hydrogen-bond donors (Lipinski definition) is 1. The third kappa shape index (κ3) is 5.66. The van der Waals surface area contributed by atoms with Gasteiger partial charge in [0, 0.05) is 26.2 Å². The average Bonchev–Trinajstić information content (AvgIpc) is 3.31.